The van der Waals surface area contributed by atoms with Gasteiger partial charge in [-0.15, -0.1) is 0 Å². The monoisotopic (exact) mass is 275 g/mol. The van der Waals surface area contributed by atoms with Gasteiger partial charge in [-0.25, -0.2) is 0 Å². The lowest BCUT2D eigenvalue weighted by Crippen LogP contribution is -2.04. The van der Waals surface area contributed by atoms with Crippen LogP contribution in [-0.4, -0.2) is 24.0 Å². The third-order valence-electron chi connectivity index (χ3n) is 3.23. The number of nitrogens with zero attached hydrogens (tertiary/aromatic N) is 2. The van der Waals surface area contributed by atoms with Crippen molar-refractivity contribution < 1.29 is 9.47 Å². The van der Waals surface area contributed by atoms with Crippen molar-refractivity contribution in [2.75, 3.05) is 19.5 Å². The van der Waals surface area contributed by atoms with Crippen LogP contribution in [0.1, 0.15) is 18.2 Å². The van der Waals surface area contributed by atoms with Crippen LogP contribution in [0.15, 0.2) is 24.3 Å². The van der Waals surface area contributed by atoms with E-state index in [1.165, 1.54) is 0 Å². The smallest absolute Gasteiger partial charge is 0.148 e. The van der Waals surface area contributed by atoms with E-state index >= 15 is 0 Å². The van der Waals surface area contributed by atoms with Gasteiger partial charge in [-0.05, 0) is 26.0 Å². The predicted octanol–water partition coefficient (Wildman–Crippen LogP) is 2.84. The molecule has 0 saturated heterocycles. The van der Waals surface area contributed by atoms with E-state index in [1.807, 2.05) is 28.9 Å². The lowest BCUT2D eigenvalue weighted by molar-refractivity contribution is 0.391. The van der Waals surface area contributed by atoms with Crippen molar-refractivity contribution >= 4 is 5.82 Å². The third-order valence-corrected chi connectivity index (χ3v) is 3.23. The molecule has 2 aromatic rings. The van der Waals surface area contributed by atoms with Crippen LogP contribution in [0.2, 0.25) is 0 Å². The van der Waals surface area contributed by atoms with E-state index < -0.39 is 0 Å². The maximum atomic E-state index is 5.38. The van der Waals surface area contributed by atoms with Gasteiger partial charge in [0.2, 0.25) is 0 Å². The molecule has 0 spiro atoms. The highest BCUT2D eigenvalue weighted by atomic mass is 16.5. The molecule has 5 heteroatoms. The number of anilines is 1. The van der Waals surface area contributed by atoms with E-state index in [2.05, 4.69) is 24.3 Å². The van der Waals surface area contributed by atoms with Crippen LogP contribution >= 0.6 is 0 Å². The van der Waals surface area contributed by atoms with Gasteiger partial charge in [0.1, 0.15) is 17.3 Å². The minimum atomic E-state index is 0.660. The van der Waals surface area contributed by atoms with E-state index in [4.69, 9.17) is 9.47 Å². The Morgan fingerprint density at radius 2 is 2.00 bits per heavy atom. The molecule has 5 nitrogen and oxygen atoms in total. The van der Waals surface area contributed by atoms with Crippen LogP contribution in [-0.2, 0) is 13.1 Å². The lowest BCUT2D eigenvalue weighted by atomic mass is 10.2. The molecule has 20 heavy (non-hydrogen) atoms. The Kier molecular flexibility index (Phi) is 4.50. The van der Waals surface area contributed by atoms with Crippen molar-refractivity contribution in [2.45, 2.75) is 26.9 Å². The maximum absolute atomic E-state index is 5.38. The van der Waals surface area contributed by atoms with E-state index in [0.717, 1.165) is 35.1 Å². The van der Waals surface area contributed by atoms with Gasteiger partial charge in [-0.2, -0.15) is 5.10 Å². The molecule has 1 N–H and O–H groups in total. The van der Waals surface area contributed by atoms with Crippen LogP contribution < -0.4 is 14.8 Å². The molecule has 0 bridgehead atoms. The number of benzene rings is 1. The second-order valence-corrected chi connectivity index (χ2v) is 4.52. The predicted molar refractivity (Wildman–Crippen MR) is 79.5 cm³/mol. The highest BCUT2D eigenvalue weighted by Gasteiger charge is 2.07. The number of hydrogen-bond donors (Lipinski definition) is 1. The summed E-state index contributed by atoms with van der Waals surface area (Å²) in [5.41, 5.74) is 2.22. The molecule has 0 unspecified atom stereocenters. The van der Waals surface area contributed by atoms with Crippen molar-refractivity contribution in [3.05, 3.63) is 35.5 Å². The maximum Gasteiger partial charge on any atom is 0.148 e. The van der Waals surface area contributed by atoms with Crippen molar-refractivity contribution in [1.29, 1.82) is 0 Å². The number of aromatic nitrogens is 2. The quantitative estimate of drug-likeness (QED) is 0.880. The first kappa shape index (κ1) is 14.2. The molecular weight excluding hydrogens is 254 g/mol. The van der Waals surface area contributed by atoms with E-state index in [9.17, 15) is 0 Å². The Bertz CT molecular complexity index is 578. The molecule has 0 atom stereocenters. The molecule has 0 fully saturated rings. The second-order valence-electron chi connectivity index (χ2n) is 4.52. The molecule has 108 valence electrons. The molecule has 2 rings (SSSR count). The first-order chi connectivity index (χ1) is 9.67. The highest BCUT2D eigenvalue weighted by molar-refractivity contribution is 5.44. The molecule has 0 radical (unpaired) electrons. The molecule has 1 heterocycles. The summed E-state index contributed by atoms with van der Waals surface area (Å²) in [5, 5.41) is 7.79. The minimum Gasteiger partial charge on any atom is -0.497 e. The van der Waals surface area contributed by atoms with Crippen molar-refractivity contribution in [3.8, 4) is 11.5 Å². The Labute approximate surface area is 119 Å². The van der Waals surface area contributed by atoms with Gasteiger partial charge < -0.3 is 14.8 Å². The Morgan fingerprint density at radius 1 is 1.20 bits per heavy atom. The van der Waals surface area contributed by atoms with Crippen LogP contribution in [0, 0.1) is 6.92 Å². The van der Waals surface area contributed by atoms with Gasteiger partial charge in [0.25, 0.3) is 0 Å². The summed E-state index contributed by atoms with van der Waals surface area (Å²) < 4.78 is 12.5. The Balaban J connectivity index is 2.09. The minimum absolute atomic E-state index is 0.660. The number of hydrogen-bond acceptors (Lipinski definition) is 4. The first-order valence-corrected chi connectivity index (χ1v) is 6.67. The summed E-state index contributed by atoms with van der Waals surface area (Å²) in [5.74, 6) is 2.47. The van der Waals surface area contributed by atoms with Gasteiger partial charge in [0.15, 0.2) is 0 Å². The average Bonchev–Trinajstić information content (AvgIpc) is 2.85. The van der Waals surface area contributed by atoms with E-state index in [1.54, 1.807) is 14.2 Å². The summed E-state index contributed by atoms with van der Waals surface area (Å²) in [6, 6.07) is 7.84. The fourth-order valence-corrected chi connectivity index (χ4v) is 2.10. The fraction of sp³-hybridized carbons (Fsp3) is 0.400. The normalized spacial score (nSPS) is 10.4. The summed E-state index contributed by atoms with van der Waals surface area (Å²) in [4.78, 5) is 0. The van der Waals surface area contributed by atoms with E-state index in [-0.39, 0.29) is 0 Å². The number of ether oxygens (including phenoxy) is 2. The zero-order valence-electron chi connectivity index (χ0n) is 12.4. The van der Waals surface area contributed by atoms with Crippen LogP contribution in [0.3, 0.4) is 0 Å². The zero-order chi connectivity index (χ0) is 14.5. The van der Waals surface area contributed by atoms with Crippen LogP contribution in [0.4, 0.5) is 5.82 Å². The molecule has 0 aliphatic carbocycles. The third kappa shape index (κ3) is 3.04. The van der Waals surface area contributed by atoms with Gasteiger partial charge in [0.05, 0.1) is 14.2 Å². The standard InChI is InChI=1S/C15H21N3O2/c1-5-18-11(2)8-15(17-18)16-10-12-6-7-13(19-3)9-14(12)20-4/h6-9H,5,10H2,1-4H3,(H,16,17). The Hall–Kier alpha value is -2.17. The van der Waals surface area contributed by atoms with Crippen LogP contribution in [0.25, 0.3) is 0 Å². The second kappa shape index (κ2) is 6.32. The SMILES string of the molecule is CCn1nc(NCc2ccc(OC)cc2OC)cc1C. The number of rotatable bonds is 6. The summed E-state index contributed by atoms with van der Waals surface area (Å²) >= 11 is 0. The zero-order valence-corrected chi connectivity index (χ0v) is 12.4. The topological polar surface area (TPSA) is 48.3 Å². The molecule has 1 aromatic carbocycles. The van der Waals surface area contributed by atoms with Crippen molar-refractivity contribution in [3.63, 3.8) is 0 Å². The molecule has 0 saturated carbocycles. The summed E-state index contributed by atoms with van der Waals surface area (Å²) in [6.07, 6.45) is 0. The largest absolute Gasteiger partial charge is 0.497 e. The lowest BCUT2D eigenvalue weighted by Gasteiger charge is -2.10. The fourth-order valence-electron chi connectivity index (χ4n) is 2.10. The van der Waals surface area contributed by atoms with Crippen LogP contribution in [0.5, 0.6) is 11.5 Å². The number of nitrogens with one attached hydrogen (secondary N) is 1. The summed E-state index contributed by atoms with van der Waals surface area (Å²) in [7, 11) is 3.31. The molecule has 0 aliphatic heterocycles. The average molecular weight is 275 g/mol. The van der Waals surface area contributed by atoms with Gasteiger partial charge >= 0.3 is 0 Å². The van der Waals surface area contributed by atoms with Gasteiger partial charge in [-0.1, -0.05) is 0 Å². The number of methoxy groups -OCH3 is 2. The molecule has 1 aromatic heterocycles. The molecule has 0 aliphatic rings. The first-order valence-electron chi connectivity index (χ1n) is 6.67. The van der Waals surface area contributed by atoms with Gasteiger partial charge in [0, 0.05) is 36.5 Å². The van der Waals surface area contributed by atoms with Gasteiger partial charge in [-0.3, -0.25) is 4.68 Å². The Morgan fingerprint density at radius 3 is 2.60 bits per heavy atom. The van der Waals surface area contributed by atoms with Crippen molar-refractivity contribution in [1.82, 2.24) is 9.78 Å². The highest BCUT2D eigenvalue weighted by Crippen LogP contribution is 2.25. The number of aryl methyl sites for hydroxylation is 2. The molecular formula is C15H21N3O2. The van der Waals surface area contributed by atoms with Crippen molar-refractivity contribution in [2.24, 2.45) is 0 Å². The summed E-state index contributed by atoms with van der Waals surface area (Å²) in [6.45, 7) is 5.67. The molecule has 0 amide bonds. The van der Waals surface area contributed by atoms with E-state index in [0.29, 0.717) is 6.54 Å².